The molecule has 0 aliphatic heterocycles. The lowest BCUT2D eigenvalue weighted by atomic mass is 10.1. The van der Waals surface area contributed by atoms with Crippen LogP contribution in [-0.4, -0.2) is 46.7 Å². The first-order valence-electron chi connectivity index (χ1n) is 7.40. The van der Waals surface area contributed by atoms with Crippen molar-refractivity contribution in [1.82, 2.24) is 19.5 Å². The predicted octanol–water partition coefficient (Wildman–Crippen LogP) is 2.02. The molecule has 7 heteroatoms. The minimum absolute atomic E-state index is 0.136. The molecule has 0 N–H and O–H groups in total. The monoisotopic (exact) mass is 326 g/mol. The Morgan fingerprint density at radius 2 is 1.92 bits per heavy atom. The third kappa shape index (κ3) is 2.88. The van der Waals surface area contributed by atoms with E-state index < -0.39 is 0 Å². The molecule has 1 aromatic carbocycles. The van der Waals surface area contributed by atoms with Gasteiger partial charge in [0.05, 0.1) is 20.8 Å². The Bertz CT molecular complexity index is 875. The molecular weight excluding hydrogens is 308 g/mol. The summed E-state index contributed by atoms with van der Waals surface area (Å²) in [6.07, 6.45) is 1.87. The van der Waals surface area contributed by atoms with Crippen LogP contribution in [0, 0.1) is 0 Å². The number of rotatable bonds is 5. The smallest absolute Gasteiger partial charge is 0.254 e. The molecule has 0 saturated carbocycles. The van der Waals surface area contributed by atoms with Gasteiger partial charge in [-0.25, -0.2) is 0 Å². The molecule has 3 rings (SSSR count). The van der Waals surface area contributed by atoms with Gasteiger partial charge >= 0.3 is 0 Å². The molecule has 0 aliphatic carbocycles. The van der Waals surface area contributed by atoms with Crippen LogP contribution >= 0.6 is 0 Å². The third-order valence-corrected chi connectivity index (χ3v) is 3.74. The quantitative estimate of drug-likeness (QED) is 0.717. The molecule has 24 heavy (non-hydrogen) atoms. The SMILES string of the molecule is COc1ccc(C(=O)N(C)Cc2nnc3ccccn23)cc1OC. The van der Waals surface area contributed by atoms with Gasteiger partial charge in [-0.15, -0.1) is 10.2 Å². The molecule has 0 aliphatic rings. The van der Waals surface area contributed by atoms with Crippen molar-refractivity contribution in [2.75, 3.05) is 21.3 Å². The molecule has 0 radical (unpaired) electrons. The fourth-order valence-electron chi connectivity index (χ4n) is 2.47. The van der Waals surface area contributed by atoms with E-state index in [0.717, 1.165) is 5.65 Å². The van der Waals surface area contributed by atoms with E-state index in [1.807, 2.05) is 28.8 Å². The van der Waals surface area contributed by atoms with Gasteiger partial charge in [-0.05, 0) is 30.3 Å². The van der Waals surface area contributed by atoms with Crippen molar-refractivity contribution < 1.29 is 14.3 Å². The van der Waals surface area contributed by atoms with Crippen molar-refractivity contribution in [1.29, 1.82) is 0 Å². The van der Waals surface area contributed by atoms with Crippen LogP contribution < -0.4 is 9.47 Å². The maximum absolute atomic E-state index is 12.6. The first kappa shape index (κ1) is 15.8. The zero-order valence-corrected chi connectivity index (χ0v) is 13.8. The summed E-state index contributed by atoms with van der Waals surface area (Å²) in [6, 6.07) is 10.8. The summed E-state index contributed by atoms with van der Waals surface area (Å²) in [5.41, 5.74) is 1.27. The van der Waals surface area contributed by atoms with Crippen LogP contribution in [0.15, 0.2) is 42.6 Å². The maximum atomic E-state index is 12.6. The van der Waals surface area contributed by atoms with Gasteiger partial charge in [-0.1, -0.05) is 6.07 Å². The Hall–Kier alpha value is -3.09. The summed E-state index contributed by atoms with van der Waals surface area (Å²) in [7, 11) is 4.82. The van der Waals surface area contributed by atoms with Gasteiger partial charge in [0.1, 0.15) is 0 Å². The molecule has 3 aromatic rings. The number of hydrogen-bond acceptors (Lipinski definition) is 5. The molecule has 0 unspecified atom stereocenters. The van der Waals surface area contributed by atoms with Crippen LogP contribution in [0.25, 0.3) is 5.65 Å². The molecule has 1 amide bonds. The number of fused-ring (bicyclic) bond motifs is 1. The van der Waals surface area contributed by atoms with E-state index in [2.05, 4.69) is 10.2 Å². The lowest BCUT2D eigenvalue weighted by Gasteiger charge is -2.17. The summed E-state index contributed by atoms with van der Waals surface area (Å²) >= 11 is 0. The summed E-state index contributed by atoms with van der Waals surface area (Å²) in [4.78, 5) is 14.2. The van der Waals surface area contributed by atoms with Gasteiger partial charge < -0.3 is 14.4 Å². The van der Waals surface area contributed by atoms with E-state index >= 15 is 0 Å². The highest BCUT2D eigenvalue weighted by Crippen LogP contribution is 2.28. The number of carbonyl (C=O) groups is 1. The third-order valence-electron chi connectivity index (χ3n) is 3.74. The van der Waals surface area contributed by atoms with Crippen molar-refractivity contribution >= 4 is 11.6 Å². The van der Waals surface area contributed by atoms with Crippen LogP contribution in [0.1, 0.15) is 16.2 Å². The van der Waals surface area contributed by atoms with Gasteiger partial charge in [-0.3, -0.25) is 9.20 Å². The summed E-state index contributed by atoms with van der Waals surface area (Å²) in [5, 5.41) is 8.24. The molecule has 0 fully saturated rings. The van der Waals surface area contributed by atoms with Gasteiger partial charge in [0, 0.05) is 18.8 Å². The number of amides is 1. The van der Waals surface area contributed by atoms with E-state index in [9.17, 15) is 4.79 Å². The highest BCUT2D eigenvalue weighted by atomic mass is 16.5. The average Bonchev–Trinajstić information content (AvgIpc) is 3.03. The molecule has 0 saturated heterocycles. The molecule has 2 aromatic heterocycles. The molecule has 0 spiro atoms. The Morgan fingerprint density at radius 3 is 2.67 bits per heavy atom. The summed E-state index contributed by atoms with van der Waals surface area (Å²) in [5.74, 6) is 1.66. The molecular formula is C17H18N4O3. The second kappa shape index (κ2) is 6.57. The number of pyridine rings is 1. The van der Waals surface area contributed by atoms with Gasteiger partial charge in [0.15, 0.2) is 23.0 Å². The number of methoxy groups -OCH3 is 2. The van der Waals surface area contributed by atoms with Crippen molar-refractivity contribution in [3.8, 4) is 11.5 Å². The second-order valence-corrected chi connectivity index (χ2v) is 5.28. The lowest BCUT2D eigenvalue weighted by Crippen LogP contribution is -2.27. The predicted molar refractivity (Wildman–Crippen MR) is 88.3 cm³/mol. The highest BCUT2D eigenvalue weighted by Gasteiger charge is 2.17. The number of ether oxygens (including phenoxy) is 2. The second-order valence-electron chi connectivity index (χ2n) is 5.28. The standard InChI is InChI=1S/C17H18N4O3/c1-20(11-16-19-18-15-6-4-5-9-21(15)16)17(22)12-7-8-13(23-2)14(10-12)24-3/h4-10H,11H2,1-3H3. The lowest BCUT2D eigenvalue weighted by molar-refractivity contribution is 0.0780. The van der Waals surface area contributed by atoms with E-state index in [-0.39, 0.29) is 5.91 Å². The fourth-order valence-corrected chi connectivity index (χ4v) is 2.47. The number of benzene rings is 1. The number of aromatic nitrogens is 3. The zero-order chi connectivity index (χ0) is 17.1. The average molecular weight is 326 g/mol. The first-order valence-corrected chi connectivity index (χ1v) is 7.40. The summed E-state index contributed by atoms with van der Waals surface area (Å²) in [6.45, 7) is 0.346. The minimum Gasteiger partial charge on any atom is -0.493 e. The Morgan fingerprint density at radius 1 is 1.12 bits per heavy atom. The normalized spacial score (nSPS) is 10.6. The van der Waals surface area contributed by atoms with Gasteiger partial charge in [0.2, 0.25) is 0 Å². The molecule has 0 atom stereocenters. The fraction of sp³-hybridized carbons (Fsp3) is 0.235. The number of nitrogens with zero attached hydrogens (tertiary/aromatic N) is 4. The largest absolute Gasteiger partial charge is 0.493 e. The minimum atomic E-state index is -0.136. The summed E-state index contributed by atoms with van der Waals surface area (Å²) < 4.78 is 12.3. The van der Waals surface area contributed by atoms with Crippen LogP contribution in [0.4, 0.5) is 0 Å². The van der Waals surface area contributed by atoms with E-state index in [4.69, 9.17) is 9.47 Å². The van der Waals surface area contributed by atoms with Gasteiger partial charge in [0.25, 0.3) is 5.91 Å². The van der Waals surface area contributed by atoms with Crippen molar-refractivity contribution in [2.45, 2.75) is 6.54 Å². The van der Waals surface area contributed by atoms with Crippen molar-refractivity contribution in [2.24, 2.45) is 0 Å². The van der Waals surface area contributed by atoms with Crippen molar-refractivity contribution in [3.63, 3.8) is 0 Å². The van der Waals surface area contributed by atoms with E-state index in [1.54, 1.807) is 37.3 Å². The molecule has 2 heterocycles. The van der Waals surface area contributed by atoms with Crippen molar-refractivity contribution in [3.05, 3.63) is 54.0 Å². The highest BCUT2D eigenvalue weighted by molar-refractivity contribution is 5.94. The van der Waals surface area contributed by atoms with Crippen LogP contribution in [0.5, 0.6) is 11.5 Å². The zero-order valence-electron chi connectivity index (χ0n) is 13.8. The molecule has 0 bridgehead atoms. The van der Waals surface area contributed by atoms with E-state index in [0.29, 0.717) is 29.4 Å². The van der Waals surface area contributed by atoms with Crippen LogP contribution in [0.3, 0.4) is 0 Å². The first-order chi connectivity index (χ1) is 11.6. The number of hydrogen-bond donors (Lipinski definition) is 0. The maximum Gasteiger partial charge on any atom is 0.254 e. The molecule has 7 nitrogen and oxygen atoms in total. The van der Waals surface area contributed by atoms with E-state index in [1.165, 1.54) is 7.11 Å². The Kier molecular flexibility index (Phi) is 4.33. The Labute approximate surface area is 139 Å². The Balaban J connectivity index is 1.82. The van der Waals surface area contributed by atoms with Gasteiger partial charge in [-0.2, -0.15) is 0 Å². The van der Waals surface area contributed by atoms with Crippen LogP contribution in [-0.2, 0) is 6.54 Å². The topological polar surface area (TPSA) is 69.0 Å². The number of carbonyl (C=O) groups excluding carboxylic acids is 1. The molecule has 124 valence electrons. The van der Waals surface area contributed by atoms with Crippen LogP contribution in [0.2, 0.25) is 0 Å².